The van der Waals surface area contributed by atoms with E-state index in [0.29, 0.717) is 16.8 Å². The monoisotopic (exact) mass is 318 g/mol. The van der Waals surface area contributed by atoms with Crippen LogP contribution in [0.3, 0.4) is 0 Å². The second-order valence-corrected chi connectivity index (χ2v) is 5.20. The van der Waals surface area contributed by atoms with Crippen LogP contribution in [0.4, 0.5) is 4.39 Å². The molecule has 0 fully saturated rings. The molecule has 0 aliphatic rings. The maximum atomic E-state index is 13.0. The van der Waals surface area contributed by atoms with E-state index in [9.17, 15) is 9.18 Å². The lowest BCUT2D eigenvalue weighted by atomic mass is 10.1. The number of hydrogen-bond donors (Lipinski definition) is 0. The Labute approximate surface area is 136 Å². The van der Waals surface area contributed by atoms with E-state index in [1.807, 2.05) is 18.2 Å². The van der Waals surface area contributed by atoms with E-state index < -0.39 is 0 Å². The number of hydrogen-bond acceptors (Lipinski definition) is 4. The first-order valence-electron chi connectivity index (χ1n) is 7.27. The fourth-order valence-electron chi connectivity index (χ4n) is 2.55. The number of ketones is 1. The van der Waals surface area contributed by atoms with Crippen molar-refractivity contribution in [3.63, 3.8) is 0 Å². The fourth-order valence-corrected chi connectivity index (χ4v) is 2.55. The quantitative estimate of drug-likeness (QED) is 0.544. The Balaban J connectivity index is 1.84. The van der Waals surface area contributed by atoms with Crippen molar-refractivity contribution >= 4 is 11.4 Å². The molecule has 0 bridgehead atoms. The smallest absolute Gasteiger partial charge is 0.198 e. The van der Waals surface area contributed by atoms with Gasteiger partial charge in [0.05, 0.1) is 17.5 Å². The molecule has 116 valence electrons. The van der Waals surface area contributed by atoms with Crippen LogP contribution < -0.4 is 0 Å². The van der Waals surface area contributed by atoms with Crippen LogP contribution in [0.15, 0.2) is 67.3 Å². The molecule has 4 rings (SSSR count). The summed E-state index contributed by atoms with van der Waals surface area (Å²) >= 11 is 0. The molecule has 0 spiro atoms. The molecule has 0 aliphatic carbocycles. The fraction of sp³-hybridized carbons (Fsp3) is 0. The van der Waals surface area contributed by atoms with Gasteiger partial charge in [0.1, 0.15) is 5.82 Å². The van der Waals surface area contributed by atoms with Gasteiger partial charge in [-0.15, -0.1) is 0 Å². The van der Waals surface area contributed by atoms with Crippen LogP contribution >= 0.6 is 0 Å². The van der Waals surface area contributed by atoms with Gasteiger partial charge in [-0.3, -0.25) is 9.78 Å². The summed E-state index contributed by atoms with van der Waals surface area (Å²) in [5, 5.41) is 4.30. The maximum Gasteiger partial charge on any atom is 0.198 e. The molecule has 1 aromatic carbocycles. The van der Waals surface area contributed by atoms with Gasteiger partial charge in [-0.05, 0) is 42.5 Å². The Morgan fingerprint density at radius 1 is 0.958 bits per heavy atom. The van der Waals surface area contributed by atoms with Crippen molar-refractivity contribution in [2.24, 2.45) is 0 Å². The summed E-state index contributed by atoms with van der Waals surface area (Å²) in [6, 6.07) is 11.0. The zero-order chi connectivity index (χ0) is 16.5. The van der Waals surface area contributed by atoms with E-state index in [0.717, 1.165) is 11.3 Å². The first-order valence-corrected chi connectivity index (χ1v) is 7.27. The van der Waals surface area contributed by atoms with Gasteiger partial charge in [-0.2, -0.15) is 5.10 Å². The Kier molecular flexibility index (Phi) is 3.35. The minimum atomic E-state index is -0.385. The molecular weight excluding hydrogens is 307 g/mol. The summed E-state index contributed by atoms with van der Waals surface area (Å²) in [6.45, 7) is 0. The summed E-state index contributed by atoms with van der Waals surface area (Å²) in [4.78, 5) is 20.9. The average Bonchev–Trinajstić information content (AvgIpc) is 3.06. The van der Waals surface area contributed by atoms with Gasteiger partial charge in [0, 0.05) is 29.7 Å². The van der Waals surface area contributed by atoms with Crippen LogP contribution in [0.25, 0.3) is 16.9 Å². The highest BCUT2D eigenvalue weighted by Crippen LogP contribution is 2.21. The van der Waals surface area contributed by atoms with Crippen molar-refractivity contribution in [3.8, 4) is 11.3 Å². The average molecular weight is 318 g/mol. The van der Waals surface area contributed by atoms with Gasteiger partial charge in [0.15, 0.2) is 11.4 Å². The van der Waals surface area contributed by atoms with E-state index in [2.05, 4.69) is 15.1 Å². The van der Waals surface area contributed by atoms with Gasteiger partial charge in [0.2, 0.25) is 0 Å². The number of aromatic nitrogens is 4. The highest BCUT2D eigenvalue weighted by atomic mass is 19.1. The van der Waals surface area contributed by atoms with E-state index in [1.54, 1.807) is 23.1 Å². The summed E-state index contributed by atoms with van der Waals surface area (Å²) in [5.41, 5.74) is 2.94. The lowest BCUT2D eigenvalue weighted by molar-refractivity contribution is 0.104. The summed E-state index contributed by atoms with van der Waals surface area (Å²) in [7, 11) is 0. The number of pyridine rings is 1. The third-order valence-corrected chi connectivity index (χ3v) is 3.73. The first kappa shape index (κ1) is 14.2. The van der Waals surface area contributed by atoms with Gasteiger partial charge in [-0.25, -0.2) is 13.9 Å². The number of carbonyl (C=O) groups is 1. The maximum absolute atomic E-state index is 13.0. The second kappa shape index (κ2) is 5.66. The molecule has 4 aromatic rings. The molecule has 6 heteroatoms. The molecule has 0 amide bonds. The number of carbonyl (C=O) groups excluding carboxylic acids is 1. The summed E-state index contributed by atoms with van der Waals surface area (Å²) in [5.74, 6) is -0.631. The molecule has 0 saturated carbocycles. The molecule has 0 radical (unpaired) electrons. The van der Waals surface area contributed by atoms with Crippen LogP contribution in [-0.4, -0.2) is 25.4 Å². The third-order valence-electron chi connectivity index (χ3n) is 3.73. The minimum absolute atomic E-state index is 0.246. The molecule has 24 heavy (non-hydrogen) atoms. The van der Waals surface area contributed by atoms with E-state index >= 15 is 0 Å². The minimum Gasteiger partial charge on any atom is -0.288 e. The van der Waals surface area contributed by atoms with Crippen molar-refractivity contribution in [2.45, 2.75) is 0 Å². The predicted octanol–water partition coefficient (Wildman–Crippen LogP) is 3.16. The topological polar surface area (TPSA) is 60.2 Å². The number of fused-ring (bicyclic) bond motifs is 1. The van der Waals surface area contributed by atoms with Crippen LogP contribution in [0, 0.1) is 5.82 Å². The van der Waals surface area contributed by atoms with E-state index in [1.165, 1.54) is 30.5 Å². The third kappa shape index (κ3) is 2.34. The van der Waals surface area contributed by atoms with Crippen molar-refractivity contribution in [3.05, 3.63) is 84.2 Å². The molecule has 0 atom stereocenters. The van der Waals surface area contributed by atoms with Gasteiger partial charge >= 0.3 is 0 Å². The van der Waals surface area contributed by atoms with Crippen LogP contribution in [-0.2, 0) is 0 Å². The van der Waals surface area contributed by atoms with Gasteiger partial charge in [-0.1, -0.05) is 0 Å². The summed E-state index contributed by atoms with van der Waals surface area (Å²) < 4.78 is 14.7. The predicted molar refractivity (Wildman–Crippen MR) is 86.1 cm³/mol. The Morgan fingerprint density at radius 3 is 2.46 bits per heavy atom. The van der Waals surface area contributed by atoms with Crippen molar-refractivity contribution in [1.29, 1.82) is 0 Å². The number of benzene rings is 1. The van der Waals surface area contributed by atoms with Gasteiger partial charge < -0.3 is 0 Å². The van der Waals surface area contributed by atoms with Gasteiger partial charge in [0.25, 0.3) is 0 Å². The first-order chi connectivity index (χ1) is 11.7. The summed E-state index contributed by atoms with van der Waals surface area (Å²) in [6.07, 6.45) is 6.50. The number of nitrogens with zero attached hydrogens (tertiary/aromatic N) is 4. The molecule has 3 heterocycles. The van der Waals surface area contributed by atoms with Crippen molar-refractivity contribution < 1.29 is 9.18 Å². The van der Waals surface area contributed by atoms with Crippen molar-refractivity contribution in [1.82, 2.24) is 19.6 Å². The molecule has 0 unspecified atom stereocenters. The zero-order valence-corrected chi connectivity index (χ0v) is 12.4. The molecule has 0 saturated heterocycles. The zero-order valence-electron chi connectivity index (χ0n) is 12.4. The highest BCUT2D eigenvalue weighted by molar-refractivity contribution is 6.12. The Bertz CT molecular complexity index is 1030. The molecule has 3 aromatic heterocycles. The molecular formula is C18H11FN4O. The largest absolute Gasteiger partial charge is 0.288 e. The lowest BCUT2D eigenvalue weighted by Crippen LogP contribution is -2.03. The van der Waals surface area contributed by atoms with Crippen LogP contribution in [0.2, 0.25) is 0 Å². The van der Waals surface area contributed by atoms with Crippen molar-refractivity contribution in [2.75, 3.05) is 0 Å². The van der Waals surface area contributed by atoms with E-state index in [4.69, 9.17) is 0 Å². The van der Waals surface area contributed by atoms with Crippen LogP contribution in [0.1, 0.15) is 15.9 Å². The molecule has 0 aliphatic heterocycles. The number of rotatable bonds is 3. The molecule has 0 N–H and O–H groups in total. The standard InChI is InChI=1S/C18H11FN4O/c19-14-3-1-13(2-4-14)17(24)15-11-22-23-16(7-10-21-18(15)23)12-5-8-20-9-6-12/h1-11H. The number of halogens is 1. The molecule has 5 nitrogen and oxygen atoms in total. The normalized spacial score (nSPS) is 10.9. The lowest BCUT2D eigenvalue weighted by Gasteiger charge is -2.04. The SMILES string of the molecule is O=C(c1ccc(F)cc1)c1cnn2c(-c3ccncc3)ccnc12. The Morgan fingerprint density at radius 2 is 1.71 bits per heavy atom. The second-order valence-electron chi connectivity index (χ2n) is 5.20. The van der Waals surface area contributed by atoms with E-state index in [-0.39, 0.29) is 11.6 Å². The Hall–Kier alpha value is -3.41. The van der Waals surface area contributed by atoms with Crippen LogP contribution in [0.5, 0.6) is 0 Å². The highest BCUT2D eigenvalue weighted by Gasteiger charge is 2.17.